The standard InChI is InChI=1S/C11H14O2/c1-11(2,13)7-9-5-3-4-6-10(9)8-12/h3-6,8,13H,7H2,1-2H3. The van der Waals surface area contributed by atoms with E-state index in [1.54, 1.807) is 19.9 Å². The zero-order valence-corrected chi connectivity index (χ0v) is 7.95. The van der Waals surface area contributed by atoms with Crippen LogP contribution in [-0.2, 0) is 6.42 Å². The van der Waals surface area contributed by atoms with Crippen molar-refractivity contribution >= 4 is 6.29 Å². The van der Waals surface area contributed by atoms with Gasteiger partial charge in [-0.25, -0.2) is 0 Å². The van der Waals surface area contributed by atoms with E-state index in [2.05, 4.69) is 0 Å². The number of hydrogen-bond acceptors (Lipinski definition) is 2. The number of aldehydes is 1. The summed E-state index contributed by atoms with van der Waals surface area (Å²) < 4.78 is 0. The highest BCUT2D eigenvalue weighted by atomic mass is 16.3. The molecule has 0 unspecified atom stereocenters. The fourth-order valence-electron chi connectivity index (χ4n) is 1.28. The second-order valence-electron chi connectivity index (χ2n) is 3.81. The summed E-state index contributed by atoms with van der Waals surface area (Å²) in [5, 5.41) is 9.58. The highest BCUT2D eigenvalue weighted by Gasteiger charge is 2.14. The quantitative estimate of drug-likeness (QED) is 0.717. The summed E-state index contributed by atoms with van der Waals surface area (Å²) in [6.45, 7) is 3.46. The number of carbonyl (C=O) groups is 1. The predicted octanol–water partition coefficient (Wildman–Crippen LogP) is 1.81. The molecule has 0 heterocycles. The van der Waals surface area contributed by atoms with E-state index in [1.807, 2.05) is 18.2 Å². The molecule has 0 fully saturated rings. The van der Waals surface area contributed by atoms with E-state index in [1.165, 1.54) is 0 Å². The maximum Gasteiger partial charge on any atom is 0.150 e. The Balaban J connectivity index is 2.94. The molecule has 0 aromatic heterocycles. The van der Waals surface area contributed by atoms with Gasteiger partial charge in [-0.2, -0.15) is 0 Å². The third-order valence-corrected chi connectivity index (χ3v) is 1.81. The number of carbonyl (C=O) groups excluding carboxylic acids is 1. The molecular weight excluding hydrogens is 164 g/mol. The summed E-state index contributed by atoms with van der Waals surface area (Å²) in [5.74, 6) is 0. The van der Waals surface area contributed by atoms with Crippen LogP contribution in [0.25, 0.3) is 0 Å². The van der Waals surface area contributed by atoms with Gasteiger partial charge in [0.15, 0.2) is 0 Å². The van der Waals surface area contributed by atoms with Crippen molar-refractivity contribution in [2.24, 2.45) is 0 Å². The average Bonchev–Trinajstić information content (AvgIpc) is 2.02. The number of benzene rings is 1. The lowest BCUT2D eigenvalue weighted by Gasteiger charge is -2.17. The van der Waals surface area contributed by atoms with E-state index >= 15 is 0 Å². The van der Waals surface area contributed by atoms with Crippen LogP contribution in [0.1, 0.15) is 29.8 Å². The summed E-state index contributed by atoms with van der Waals surface area (Å²) in [6, 6.07) is 7.31. The molecule has 0 radical (unpaired) electrons. The largest absolute Gasteiger partial charge is 0.390 e. The molecule has 0 aliphatic heterocycles. The molecule has 2 heteroatoms. The van der Waals surface area contributed by atoms with Crippen LogP contribution in [0.2, 0.25) is 0 Å². The Kier molecular flexibility index (Phi) is 2.83. The fourth-order valence-corrected chi connectivity index (χ4v) is 1.28. The van der Waals surface area contributed by atoms with E-state index < -0.39 is 5.60 Å². The summed E-state index contributed by atoms with van der Waals surface area (Å²) in [6.07, 6.45) is 1.32. The van der Waals surface area contributed by atoms with Gasteiger partial charge in [0.2, 0.25) is 0 Å². The molecule has 2 nitrogen and oxygen atoms in total. The molecule has 0 atom stereocenters. The van der Waals surface area contributed by atoms with E-state index in [0.29, 0.717) is 12.0 Å². The van der Waals surface area contributed by atoms with Crippen LogP contribution < -0.4 is 0 Å². The van der Waals surface area contributed by atoms with Gasteiger partial charge >= 0.3 is 0 Å². The summed E-state index contributed by atoms with van der Waals surface area (Å²) in [7, 11) is 0. The Labute approximate surface area is 78.2 Å². The number of hydrogen-bond donors (Lipinski definition) is 1. The van der Waals surface area contributed by atoms with Crippen LogP contribution in [-0.4, -0.2) is 17.0 Å². The van der Waals surface area contributed by atoms with Crippen molar-refractivity contribution in [2.45, 2.75) is 25.9 Å². The van der Waals surface area contributed by atoms with Crippen molar-refractivity contribution in [3.63, 3.8) is 0 Å². The van der Waals surface area contributed by atoms with Crippen LogP contribution in [0.4, 0.5) is 0 Å². The van der Waals surface area contributed by atoms with Gasteiger partial charge in [0.25, 0.3) is 0 Å². The van der Waals surface area contributed by atoms with Crippen molar-refractivity contribution in [1.82, 2.24) is 0 Å². The maximum atomic E-state index is 10.6. The minimum absolute atomic E-state index is 0.502. The fraction of sp³-hybridized carbons (Fsp3) is 0.364. The maximum absolute atomic E-state index is 10.6. The van der Waals surface area contributed by atoms with Crippen LogP contribution in [0.15, 0.2) is 24.3 Å². The van der Waals surface area contributed by atoms with Gasteiger partial charge in [0.1, 0.15) is 6.29 Å². The van der Waals surface area contributed by atoms with Gasteiger partial charge in [0, 0.05) is 12.0 Å². The van der Waals surface area contributed by atoms with Crippen molar-refractivity contribution < 1.29 is 9.90 Å². The molecule has 1 rings (SSSR count). The van der Waals surface area contributed by atoms with E-state index in [9.17, 15) is 9.90 Å². The van der Waals surface area contributed by atoms with Crippen molar-refractivity contribution in [1.29, 1.82) is 0 Å². The monoisotopic (exact) mass is 178 g/mol. The molecule has 0 saturated heterocycles. The normalized spacial score (nSPS) is 11.3. The van der Waals surface area contributed by atoms with Gasteiger partial charge in [-0.15, -0.1) is 0 Å². The van der Waals surface area contributed by atoms with Crippen LogP contribution in [0.3, 0.4) is 0 Å². The molecule has 0 spiro atoms. The molecule has 0 aliphatic rings. The van der Waals surface area contributed by atoms with Gasteiger partial charge in [-0.05, 0) is 19.4 Å². The van der Waals surface area contributed by atoms with E-state index in [4.69, 9.17) is 0 Å². The van der Waals surface area contributed by atoms with Crippen LogP contribution >= 0.6 is 0 Å². The minimum Gasteiger partial charge on any atom is -0.390 e. The Morgan fingerprint density at radius 3 is 2.54 bits per heavy atom. The molecule has 1 aromatic carbocycles. The molecule has 0 saturated carbocycles. The Bertz CT molecular complexity index is 297. The third-order valence-electron chi connectivity index (χ3n) is 1.81. The number of aliphatic hydroxyl groups is 1. The second kappa shape index (κ2) is 3.71. The topological polar surface area (TPSA) is 37.3 Å². The highest BCUT2D eigenvalue weighted by molar-refractivity contribution is 5.77. The van der Waals surface area contributed by atoms with Gasteiger partial charge in [-0.3, -0.25) is 4.79 Å². The lowest BCUT2D eigenvalue weighted by molar-refractivity contribution is 0.0807. The van der Waals surface area contributed by atoms with Gasteiger partial charge in [0.05, 0.1) is 5.60 Å². The van der Waals surface area contributed by atoms with Gasteiger partial charge in [-0.1, -0.05) is 24.3 Å². The van der Waals surface area contributed by atoms with E-state index in [-0.39, 0.29) is 0 Å². The lowest BCUT2D eigenvalue weighted by atomic mass is 9.95. The molecule has 70 valence electrons. The van der Waals surface area contributed by atoms with Crippen molar-refractivity contribution in [2.75, 3.05) is 0 Å². The first-order valence-corrected chi connectivity index (χ1v) is 4.28. The third kappa shape index (κ3) is 2.99. The van der Waals surface area contributed by atoms with E-state index in [0.717, 1.165) is 11.8 Å². The Hall–Kier alpha value is -1.15. The van der Waals surface area contributed by atoms with Crippen LogP contribution in [0, 0.1) is 0 Å². The first-order chi connectivity index (χ1) is 6.03. The van der Waals surface area contributed by atoms with Crippen molar-refractivity contribution in [3.05, 3.63) is 35.4 Å². The average molecular weight is 178 g/mol. The predicted molar refractivity (Wildman–Crippen MR) is 51.8 cm³/mol. The first kappa shape index (κ1) is 9.93. The zero-order valence-electron chi connectivity index (χ0n) is 7.95. The summed E-state index contributed by atoms with van der Waals surface area (Å²) in [4.78, 5) is 10.6. The number of rotatable bonds is 3. The molecule has 0 aliphatic carbocycles. The van der Waals surface area contributed by atoms with Gasteiger partial charge < -0.3 is 5.11 Å². The molecular formula is C11H14O2. The zero-order chi connectivity index (χ0) is 9.90. The molecule has 1 aromatic rings. The van der Waals surface area contributed by atoms with Crippen LogP contribution in [0.5, 0.6) is 0 Å². The molecule has 0 bridgehead atoms. The second-order valence-corrected chi connectivity index (χ2v) is 3.81. The lowest BCUT2D eigenvalue weighted by Crippen LogP contribution is -2.22. The molecule has 1 N–H and O–H groups in total. The first-order valence-electron chi connectivity index (χ1n) is 4.28. The molecule has 0 amide bonds. The smallest absolute Gasteiger partial charge is 0.150 e. The summed E-state index contributed by atoms with van der Waals surface area (Å²) >= 11 is 0. The highest BCUT2D eigenvalue weighted by Crippen LogP contribution is 2.14. The minimum atomic E-state index is -0.765. The SMILES string of the molecule is CC(C)(O)Cc1ccccc1C=O. The summed E-state index contributed by atoms with van der Waals surface area (Å²) in [5.41, 5.74) is 0.786. The Morgan fingerprint density at radius 1 is 1.38 bits per heavy atom. The Morgan fingerprint density at radius 2 is 2.00 bits per heavy atom. The van der Waals surface area contributed by atoms with Crippen molar-refractivity contribution in [3.8, 4) is 0 Å². The molecule has 13 heavy (non-hydrogen) atoms.